The molecule has 7 nitrogen and oxygen atoms in total. The van der Waals surface area contributed by atoms with Crippen LogP contribution in [0.25, 0.3) is 16.6 Å². The number of nitrogens with zero attached hydrogens (tertiary/aromatic N) is 2. The first-order valence-electron chi connectivity index (χ1n) is 9.48. The van der Waals surface area contributed by atoms with Gasteiger partial charge in [0.2, 0.25) is 0 Å². The number of fused-ring (bicyclic) bond motifs is 1. The van der Waals surface area contributed by atoms with Gasteiger partial charge in [0.15, 0.2) is 5.16 Å². The van der Waals surface area contributed by atoms with E-state index in [1.54, 1.807) is 42.9 Å². The third-order valence-electron chi connectivity index (χ3n) is 4.79. The molecular weight excluding hydrogens is 416 g/mol. The number of hydrogen-bond donors (Lipinski definition) is 0. The molecule has 0 N–H and O–H groups in total. The first-order chi connectivity index (χ1) is 15.0. The topological polar surface area (TPSA) is 83.6 Å². The molecule has 0 unspecified atom stereocenters. The first kappa shape index (κ1) is 20.7. The van der Waals surface area contributed by atoms with Crippen molar-refractivity contribution in [3.8, 4) is 11.4 Å². The Morgan fingerprint density at radius 3 is 2.58 bits per heavy atom. The fourth-order valence-electron chi connectivity index (χ4n) is 3.23. The summed E-state index contributed by atoms with van der Waals surface area (Å²) in [6.45, 7) is 1.71. The van der Waals surface area contributed by atoms with Crippen molar-refractivity contribution in [1.29, 1.82) is 0 Å². The Labute approximate surface area is 182 Å². The predicted molar refractivity (Wildman–Crippen MR) is 118 cm³/mol. The standard InChI is InChI=1S/C23H20N2O5S/c1-14-19(22(27)29-3)12-17(30-14)13-31-23-24-20-7-5-4-6-18(20)21(26)25(23)15-8-10-16(28-2)11-9-15/h4-12H,13H2,1-3H3. The Morgan fingerprint density at radius 1 is 1.13 bits per heavy atom. The van der Waals surface area contributed by atoms with E-state index in [4.69, 9.17) is 18.9 Å². The van der Waals surface area contributed by atoms with Crippen molar-refractivity contribution < 1.29 is 18.7 Å². The van der Waals surface area contributed by atoms with Crippen LogP contribution in [0, 0.1) is 6.92 Å². The highest BCUT2D eigenvalue weighted by molar-refractivity contribution is 7.98. The van der Waals surface area contributed by atoms with Gasteiger partial charge in [-0.2, -0.15) is 0 Å². The van der Waals surface area contributed by atoms with Crippen LogP contribution in [-0.2, 0) is 10.5 Å². The van der Waals surface area contributed by atoms with Crippen molar-refractivity contribution in [1.82, 2.24) is 9.55 Å². The summed E-state index contributed by atoms with van der Waals surface area (Å²) < 4.78 is 17.3. The molecule has 31 heavy (non-hydrogen) atoms. The molecule has 158 valence electrons. The van der Waals surface area contributed by atoms with Crippen LogP contribution >= 0.6 is 11.8 Å². The monoisotopic (exact) mass is 436 g/mol. The smallest absolute Gasteiger partial charge is 0.341 e. The van der Waals surface area contributed by atoms with Crippen molar-refractivity contribution in [2.45, 2.75) is 17.8 Å². The van der Waals surface area contributed by atoms with E-state index in [0.717, 1.165) is 0 Å². The second-order valence-electron chi connectivity index (χ2n) is 6.71. The quantitative estimate of drug-likeness (QED) is 0.252. The van der Waals surface area contributed by atoms with E-state index < -0.39 is 5.97 Å². The molecule has 4 rings (SSSR count). The molecule has 0 aliphatic rings. The molecule has 0 aliphatic heterocycles. The maximum absolute atomic E-state index is 13.3. The zero-order valence-corrected chi connectivity index (χ0v) is 18.1. The third kappa shape index (κ3) is 4.06. The summed E-state index contributed by atoms with van der Waals surface area (Å²) in [5.74, 6) is 1.71. The van der Waals surface area contributed by atoms with Crippen LogP contribution in [0.2, 0.25) is 0 Å². The van der Waals surface area contributed by atoms with Crippen molar-refractivity contribution >= 4 is 28.6 Å². The largest absolute Gasteiger partial charge is 0.497 e. The number of para-hydroxylation sites is 1. The van der Waals surface area contributed by atoms with Gasteiger partial charge in [0.1, 0.15) is 22.8 Å². The van der Waals surface area contributed by atoms with Crippen LogP contribution in [0.4, 0.5) is 0 Å². The van der Waals surface area contributed by atoms with Crippen molar-refractivity contribution in [2.75, 3.05) is 14.2 Å². The fraction of sp³-hybridized carbons (Fsp3) is 0.174. The first-order valence-corrected chi connectivity index (χ1v) is 10.5. The molecular formula is C23H20N2O5S. The van der Waals surface area contributed by atoms with Gasteiger partial charge < -0.3 is 13.9 Å². The molecule has 0 aliphatic carbocycles. The highest BCUT2D eigenvalue weighted by Crippen LogP contribution is 2.27. The Kier molecular flexibility index (Phi) is 5.81. The molecule has 2 aromatic carbocycles. The number of carbonyl (C=O) groups is 1. The van der Waals surface area contributed by atoms with Crippen LogP contribution in [-0.4, -0.2) is 29.7 Å². The lowest BCUT2D eigenvalue weighted by Gasteiger charge is -2.13. The number of benzene rings is 2. The van der Waals surface area contributed by atoms with Crippen LogP contribution in [0.5, 0.6) is 5.75 Å². The second kappa shape index (κ2) is 8.69. The van der Waals surface area contributed by atoms with E-state index in [1.807, 2.05) is 30.3 Å². The van der Waals surface area contributed by atoms with Gasteiger partial charge in [0.25, 0.3) is 5.56 Å². The highest BCUT2D eigenvalue weighted by Gasteiger charge is 2.18. The molecule has 4 aromatic rings. The van der Waals surface area contributed by atoms with Gasteiger partial charge in [-0.3, -0.25) is 9.36 Å². The SMILES string of the molecule is COC(=O)c1cc(CSc2nc3ccccc3c(=O)n2-c2ccc(OC)cc2)oc1C. The molecule has 2 aromatic heterocycles. The van der Waals surface area contributed by atoms with Crippen LogP contribution in [0.15, 0.2) is 69.0 Å². The van der Waals surface area contributed by atoms with E-state index in [0.29, 0.717) is 50.3 Å². The fourth-order valence-corrected chi connectivity index (χ4v) is 4.13. The minimum Gasteiger partial charge on any atom is -0.497 e. The van der Waals surface area contributed by atoms with Crippen LogP contribution in [0.3, 0.4) is 0 Å². The number of rotatable bonds is 6. The van der Waals surface area contributed by atoms with Gasteiger partial charge in [0, 0.05) is 0 Å². The number of furan rings is 1. The zero-order chi connectivity index (χ0) is 22.0. The van der Waals surface area contributed by atoms with E-state index in [2.05, 4.69) is 0 Å². The molecule has 0 saturated heterocycles. The molecule has 0 radical (unpaired) electrons. The van der Waals surface area contributed by atoms with E-state index in [-0.39, 0.29) is 5.56 Å². The number of carbonyl (C=O) groups excluding carboxylic acids is 1. The number of methoxy groups -OCH3 is 2. The molecule has 8 heteroatoms. The van der Waals surface area contributed by atoms with Crippen LogP contribution in [0.1, 0.15) is 21.9 Å². The normalized spacial score (nSPS) is 10.9. The van der Waals surface area contributed by atoms with E-state index in [9.17, 15) is 9.59 Å². The number of aryl methyl sites for hydroxylation is 1. The number of thioether (sulfide) groups is 1. The average Bonchev–Trinajstić information content (AvgIpc) is 3.18. The maximum atomic E-state index is 13.3. The molecule has 0 bridgehead atoms. The van der Waals surface area contributed by atoms with Gasteiger partial charge in [-0.25, -0.2) is 9.78 Å². The molecule has 2 heterocycles. The summed E-state index contributed by atoms with van der Waals surface area (Å²) in [5, 5.41) is 1.05. The molecule has 0 spiro atoms. The summed E-state index contributed by atoms with van der Waals surface area (Å²) in [6.07, 6.45) is 0. The molecule has 0 saturated carbocycles. The lowest BCUT2D eigenvalue weighted by Crippen LogP contribution is -2.21. The zero-order valence-electron chi connectivity index (χ0n) is 17.2. The van der Waals surface area contributed by atoms with Crippen molar-refractivity contribution in [2.24, 2.45) is 0 Å². The summed E-state index contributed by atoms with van der Waals surface area (Å²) in [4.78, 5) is 29.9. The van der Waals surface area contributed by atoms with Gasteiger partial charge in [0.05, 0.1) is 36.6 Å². The van der Waals surface area contributed by atoms with Crippen molar-refractivity contribution in [3.05, 3.63) is 82.0 Å². The summed E-state index contributed by atoms with van der Waals surface area (Å²) >= 11 is 1.35. The highest BCUT2D eigenvalue weighted by atomic mass is 32.2. The third-order valence-corrected chi connectivity index (χ3v) is 5.75. The van der Waals surface area contributed by atoms with Crippen LogP contribution < -0.4 is 10.3 Å². The Bertz CT molecular complexity index is 1310. The van der Waals surface area contributed by atoms with Gasteiger partial charge in [-0.05, 0) is 49.4 Å². The Hall–Kier alpha value is -3.52. The number of hydrogen-bond acceptors (Lipinski definition) is 7. The number of esters is 1. The molecule has 0 fully saturated rings. The second-order valence-corrected chi connectivity index (χ2v) is 7.66. The van der Waals surface area contributed by atoms with Gasteiger partial charge in [-0.1, -0.05) is 23.9 Å². The Morgan fingerprint density at radius 2 is 1.87 bits per heavy atom. The molecule has 0 amide bonds. The van der Waals surface area contributed by atoms with E-state index >= 15 is 0 Å². The minimum absolute atomic E-state index is 0.163. The number of ether oxygens (including phenoxy) is 2. The Balaban J connectivity index is 1.75. The summed E-state index contributed by atoms with van der Waals surface area (Å²) in [6, 6.07) is 16.1. The predicted octanol–water partition coefficient (Wildman–Crippen LogP) is 4.37. The lowest BCUT2D eigenvalue weighted by molar-refractivity contribution is 0.0599. The maximum Gasteiger partial charge on any atom is 0.341 e. The van der Waals surface area contributed by atoms with Gasteiger partial charge in [-0.15, -0.1) is 0 Å². The lowest BCUT2D eigenvalue weighted by atomic mass is 10.2. The summed E-state index contributed by atoms with van der Waals surface area (Å²) in [5.41, 5.74) is 1.52. The van der Waals surface area contributed by atoms with Crippen molar-refractivity contribution in [3.63, 3.8) is 0 Å². The van der Waals surface area contributed by atoms with Gasteiger partial charge >= 0.3 is 5.97 Å². The molecule has 0 atom stereocenters. The minimum atomic E-state index is -0.448. The average molecular weight is 436 g/mol. The summed E-state index contributed by atoms with van der Waals surface area (Å²) in [7, 11) is 2.92. The van der Waals surface area contributed by atoms with E-state index in [1.165, 1.54) is 18.9 Å². The number of aromatic nitrogens is 2.